The normalized spacial score (nSPS) is 24.9. The van der Waals surface area contributed by atoms with E-state index in [0.29, 0.717) is 18.5 Å². The number of rotatable bonds is 3. The molecule has 0 spiro atoms. The molecule has 2 rings (SSSR count). The zero-order valence-corrected chi connectivity index (χ0v) is 11.3. The number of phenols is 1. The highest BCUT2D eigenvalue weighted by atomic mass is 16.3. The van der Waals surface area contributed by atoms with E-state index in [1.54, 1.807) is 12.1 Å². The molecule has 1 aliphatic rings. The Morgan fingerprint density at radius 1 is 1.26 bits per heavy atom. The van der Waals surface area contributed by atoms with Gasteiger partial charge in [0.15, 0.2) is 5.78 Å². The summed E-state index contributed by atoms with van der Waals surface area (Å²) in [6.07, 6.45) is 2.41. The molecule has 1 aromatic carbocycles. The van der Waals surface area contributed by atoms with Gasteiger partial charge in [0.05, 0.1) is 12.1 Å². The van der Waals surface area contributed by atoms with Crippen LogP contribution in [0.15, 0.2) is 24.3 Å². The lowest BCUT2D eigenvalue weighted by atomic mass is 9.98. The van der Waals surface area contributed by atoms with Crippen LogP contribution in [0.25, 0.3) is 0 Å². The van der Waals surface area contributed by atoms with Crippen LogP contribution in [0.1, 0.15) is 36.5 Å². The average molecular weight is 263 g/mol. The molecule has 4 nitrogen and oxygen atoms in total. The number of hydrogen-bond donors (Lipinski definition) is 2. The highest BCUT2D eigenvalue weighted by Crippen LogP contribution is 2.21. The lowest BCUT2D eigenvalue weighted by Gasteiger charge is -2.21. The van der Waals surface area contributed by atoms with Gasteiger partial charge in [-0.2, -0.15) is 0 Å². The Kier molecular flexibility index (Phi) is 4.22. The summed E-state index contributed by atoms with van der Waals surface area (Å²) >= 11 is 0. The average Bonchev–Trinajstić information content (AvgIpc) is 2.52. The smallest absolute Gasteiger partial charge is 0.176 e. The van der Waals surface area contributed by atoms with Crippen molar-refractivity contribution >= 4 is 5.78 Å². The first kappa shape index (κ1) is 14.0. The molecule has 1 unspecified atom stereocenters. The maximum atomic E-state index is 12.1. The van der Waals surface area contributed by atoms with Crippen molar-refractivity contribution in [3.05, 3.63) is 29.8 Å². The van der Waals surface area contributed by atoms with Gasteiger partial charge in [-0.25, -0.2) is 0 Å². The summed E-state index contributed by atoms with van der Waals surface area (Å²) in [5, 5.41) is 19.2. The van der Waals surface area contributed by atoms with Crippen molar-refractivity contribution in [2.75, 3.05) is 19.6 Å². The van der Waals surface area contributed by atoms with Crippen molar-refractivity contribution in [3.8, 4) is 5.75 Å². The zero-order chi connectivity index (χ0) is 13.9. The quantitative estimate of drug-likeness (QED) is 0.817. The molecule has 4 heteroatoms. The first-order valence-electron chi connectivity index (χ1n) is 6.73. The minimum atomic E-state index is -0.601. The van der Waals surface area contributed by atoms with Gasteiger partial charge in [0.2, 0.25) is 0 Å². The van der Waals surface area contributed by atoms with Crippen molar-refractivity contribution in [1.29, 1.82) is 0 Å². The zero-order valence-electron chi connectivity index (χ0n) is 11.3. The van der Waals surface area contributed by atoms with Crippen molar-refractivity contribution < 1.29 is 15.0 Å². The topological polar surface area (TPSA) is 60.8 Å². The monoisotopic (exact) mass is 263 g/mol. The summed E-state index contributed by atoms with van der Waals surface area (Å²) in [7, 11) is 0. The number of aliphatic hydroxyl groups is 1. The van der Waals surface area contributed by atoms with Crippen molar-refractivity contribution in [3.63, 3.8) is 0 Å². The molecule has 2 N–H and O–H groups in total. The molecule has 0 radical (unpaired) electrons. The summed E-state index contributed by atoms with van der Waals surface area (Å²) in [5.74, 6) is 0.226. The Bertz CT molecular complexity index is 439. The summed E-state index contributed by atoms with van der Waals surface area (Å²) < 4.78 is 0. The number of benzene rings is 1. The van der Waals surface area contributed by atoms with Gasteiger partial charge in [-0.15, -0.1) is 0 Å². The van der Waals surface area contributed by atoms with Crippen LogP contribution in [-0.4, -0.2) is 46.1 Å². The number of nitrogens with zero attached hydrogens (tertiary/aromatic N) is 1. The van der Waals surface area contributed by atoms with Crippen LogP contribution in [-0.2, 0) is 0 Å². The molecule has 1 fully saturated rings. The fraction of sp³-hybridized carbons (Fsp3) is 0.533. The maximum Gasteiger partial charge on any atom is 0.176 e. The first-order valence-corrected chi connectivity index (χ1v) is 6.73. The first-order chi connectivity index (χ1) is 8.96. The third-order valence-corrected chi connectivity index (χ3v) is 3.71. The minimum absolute atomic E-state index is 0.0570. The van der Waals surface area contributed by atoms with Gasteiger partial charge >= 0.3 is 0 Å². The summed E-state index contributed by atoms with van der Waals surface area (Å²) in [4.78, 5) is 14.2. The van der Waals surface area contributed by atoms with Crippen molar-refractivity contribution in [2.24, 2.45) is 0 Å². The van der Waals surface area contributed by atoms with Gasteiger partial charge in [0.1, 0.15) is 5.75 Å². The van der Waals surface area contributed by atoms with Crippen molar-refractivity contribution in [2.45, 2.75) is 31.8 Å². The predicted molar refractivity (Wildman–Crippen MR) is 73.4 cm³/mol. The highest BCUT2D eigenvalue weighted by Gasteiger charge is 2.25. The third kappa shape index (κ3) is 4.04. The molecule has 0 aliphatic carbocycles. The van der Waals surface area contributed by atoms with Crippen LogP contribution in [0.4, 0.5) is 0 Å². The summed E-state index contributed by atoms with van der Waals surface area (Å²) in [6.45, 7) is 3.83. The SMILES string of the molecule is CC1(O)CCCN(CC(=O)c2ccc(O)cc2)CC1. The van der Waals surface area contributed by atoms with Gasteiger partial charge in [0.25, 0.3) is 0 Å². The van der Waals surface area contributed by atoms with Gasteiger partial charge in [-0.1, -0.05) is 0 Å². The Balaban J connectivity index is 1.93. The Morgan fingerprint density at radius 2 is 1.95 bits per heavy atom. The van der Waals surface area contributed by atoms with Gasteiger partial charge in [-0.05, 0) is 57.0 Å². The van der Waals surface area contributed by atoms with E-state index in [-0.39, 0.29) is 11.5 Å². The van der Waals surface area contributed by atoms with E-state index in [9.17, 15) is 15.0 Å². The molecule has 1 saturated heterocycles. The maximum absolute atomic E-state index is 12.1. The Hall–Kier alpha value is -1.39. The minimum Gasteiger partial charge on any atom is -0.508 e. The summed E-state index contributed by atoms with van der Waals surface area (Å²) in [5.41, 5.74) is 0.0184. The molecule has 19 heavy (non-hydrogen) atoms. The number of carbonyl (C=O) groups is 1. The Labute approximate surface area is 113 Å². The predicted octanol–water partition coefficient (Wildman–Crippen LogP) is 1.81. The second kappa shape index (κ2) is 5.72. The molecule has 0 bridgehead atoms. The number of likely N-dealkylation sites (tertiary alicyclic amines) is 1. The van der Waals surface area contributed by atoms with Gasteiger partial charge in [-0.3, -0.25) is 9.69 Å². The van der Waals surface area contributed by atoms with E-state index in [1.807, 2.05) is 6.92 Å². The van der Waals surface area contributed by atoms with E-state index < -0.39 is 5.60 Å². The van der Waals surface area contributed by atoms with E-state index in [1.165, 1.54) is 12.1 Å². The molecular weight excluding hydrogens is 242 g/mol. The molecule has 1 aromatic rings. The van der Waals surface area contributed by atoms with Crippen LogP contribution >= 0.6 is 0 Å². The second-order valence-electron chi connectivity index (χ2n) is 5.60. The van der Waals surface area contributed by atoms with E-state index in [4.69, 9.17) is 0 Å². The number of aromatic hydroxyl groups is 1. The molecule has 1 heterocycles. The van der Waals surface area contributed by atoms with E-state index in [2.05, 4.69) is 4.90 Å². The molecule has 0 aromatic heterocycles. The van der Waals surface area contributed by atoms with Crippen LogP contribution in [0, 0.1) is 0 Å². The number of Topliss-reactive ketones (excluding diaryl/α,β-unsaturated/α-hetero) is 1. The van der Waals surface area contributed by atoms with Gasteiger partial charge < -0.3 is 10.2 Å². The number of phenolic OH excluding ortho intramolecular Hbond substituents is 1. The molecule has 1 atom stereocenters. The molecule has 0 amide bonds. The largest absolute Gasteiger partial charge is 0.508 e. The standard InChI is InChI=1S/C15H21NO3/c1-15(19)7-2-9-16(10-8-15)11-14(18)12-3-5-13(17)6-4-12/h3-6,17,19H,2,7-11H2,1H3. The molecular formula is C15H21NO3. The van der Waals surface area contributed by atoms with Crippen molar-refractivity contribution in [1.82, 2.24) is 4.90 Å². The fourth-order valence-corrected chi connectivity index (χ4v) is 2.42. The fourth-order valence-electron chi connectivity index (χ4n) is 2.42. The Morgan fingerprint density at radius 3 is 2.63 bits per heavy atom. The second-order valence-corrected chi connectivity index (χ2v) is 5.60. The van der Waals surface area contributed by atoms with Gasteiger partial charge in [0, 0.05) is 12.1 Å². The molecule has 104 valence electrons. The van der Waals surface area contributed by atoms with E-state index >= 15 is 0 Å². The number of carbonyl (C=O) groups excluding carboxylic acids is 1. The molecule has 1 aliphatic heterocycles. The summed E-state index contributed by atoms with van der Waals surface area (Å²) in [6, 6.07) is 6.35. The lowest BCUT2D eigenvalue weighted by molar-refractivity contribution is 0.0444. The number of ketones is 1. The van der Waals surface area contributed by atoms with Crippen LogP contribution in [0.5, 0.6) is 5.75 Å². The third-order valence-electron chi connectivity index (χ3n) is 3.71. The number of hydrogen-bond acceptors (Lipinski definition) is 4. The lowest BCUT2D eigenvalue weighted by Crippen LogP contribution is -2.32. The van der Waals surface area contributed by atoms with Crippen LogP contribution in [0.2, 0.25) is 0 Å². The van der Waals surface area contributed by atoms with Crippen LogP contribution in [0.3, 0.4) is 0 Å². The molecule has 0 saturated carbocycles. The van der Waals surface area contributed by atoms with Crippen LogP contribution < -0.4 is 0 Å². The highest BCUT2D eigenvalue weighted by molar-refractivity contribution is 5.97. The van der Waals surface area contributed by atoms with E-state index in [0.717, 1.165) is 25.9 Å².